The molecule has 0 fully saturated rings. The van der Waals surface area contributed by atoms with Gasteiger partial charge in [-0.05, 0) is 37.1 Å². The minimum Gasteiger partial charge on any atom is -0.384 e. The summed E-state index contributed by atoms with van der Waals surface area (Å²) < 4.78 is 13.4. The van der Waals surface area contributed by atoms with Gasteiger partial charge >= 0.3 is 0 Å². The van der Waals surface area contributed by atoms with E-state index in [1.807, 2.05) is 0 Å². The van der Waals surface area contributed by atoms with Crippen molar-refractivity contribution < 1.29 is 14.3 Å². The molecular formula is C12H15ClFNO2. The van der Waals surface area contributed by atoms with Gasteiger partial charge in [-0.1, -0.05) is 11.6 Å². The van der Waals surface area contributed by atoms with Crippen LogP contribution in [0, 0.1) is 5.82 Å². The average Bonchev–Trinajstić information content (AvgIpc) is 2.28. The Morgan fingerprint density at radius 2 is 2.24 bits per heavy atom. The topological polar surface area (TPSA) is 40.5 Å². The van der Waals surface area contributed by atoms with E-state index in [4.69, 9.17) is 16.7 Å². The molecule has 1 N–H and O–H groups in total. The summed E-state index contributed by atoms with van der Waals surface area (Å²) in [4.78, 5) is 12.7. The predicted molar refractivity (Wildman–Crippen MR) is 64.4 cm³/mol. The van der Waals surface area contributed by atoms with E-state index in [2.05, 4.69) is 0 Å². The van der Waals surface area contributed by atoms with Gasteiger partial charge in [0.05, 0.1) is 0 Å². The van der Waals surface area contributed by atoms with Gasteiger partial charge in [-0.3, -0.25) is 4.79 Å². The van der Waals surface area contributed by atoms with E-state index < -0.39 is 6.10 Å². The second-order valence-corrected chi connectivity index (χ2v) is 4.36. The first kappa shape index (κ1) is 13.9. The fourth-order valence-corrected chi connectivity index (χ4v) is 1.65. The Bertz CT molecular complexity index is 409. The van der Waals surface area contributed by atoms with Crippen LogP contribution in [0.25, 0.3) is 0 Å². The van der Waals surface area contributed by atoms with Crippen LogP contribution in [0.3, 0.4) is 0 Å². The highest BCUT2D eigenvalue weighted by molar-refractivity contribution is 6.30. The van der Waals surface area contributed by atoms with Crippen molar-refractivity contribution in [1.29, 1.82) is 0 Å². The maximum atomic E-state index is 13.4. The minimum absolute atomic E-state index is 0.334. The number of benzene rings is 1. The molecule has 0 aliphatic heterocycles. The lowest BCUT2D eigenvalue weighted by Crippen LogP contribution is -2.36. The minimum atomic E-state index is -1.04. The van der Waals surface area contributed by atoms with Crippen LogP contribution in [0.4, 0.5) is 4.39 Å². The van der Waals surface area contributed by atoms with Crippen LogP contribution < -0.4 is 0 Å². The molecule has 1 unspecified atom stereocenters. The number of aliphatic hydroxyl groups is 1. The molecule has 0 radical (unpaired) electrons. The molecule has 0 bridgehead atoms. The molecule has 1 amide bonds. The Hall–Kier alpha value is -1.13. The number of halogens is 2. The second kappa shape index (κ2) is 5.98. The van der Waals surface area contributed by atoms with Gasteiger partial charge in [0.2, 0.25) is 0 Å². The molecule has 94 valence electrons. The highest BCUT2D eigenvalue weighted by Gasteiger charge is 2.14. The summed E-state index contributed by atoms with van der Waals surface area (Å²) in [6.07, 6.45) is -0.675. The van der Waals surface area contributed by atoms with Crippen LogP contribution in [0.15, 0.2) is 18.2 Å². The van der Waals surface area contributed by atoms with E-state index in [-0.39, 0.29) is 11.7 Å². The summed E-state index contributed by atoms with van der Waals surface area (Å²) in [5, 5.41) is 9.56. The number of hydrogen-bond donors (Lipinski definition) is 1. The molecule has 0 aliphatic carbocycles. The van der Waals surface area contributed by atoms with E-state index in [0.717, 1.165) is 0 Å². The first-order valence-electron chi connectivity index (χ1n) is 5.28. The first-order chi connectivity index (χ1) is 7.91. The third-order valence-corrected chi connectivity index (χ3v) is 2.69. The summed E-state index contributed by atoms with van der Waals surface area (Å²) in [5.41, 5.74) is 0.461. The zero-order valence-electron chi connectivity index (χ0n) is 9.78. The third kappa shape index (κ3) is 3.98. The van der Waals surface area contributed by atoms with Gasteiger partial charge in [0, 0.05) is 18.6 Å². The Labute approximate surface area is 105 Å². The molecule has 0 saturated carbocycles. The van der Waals surface area contributed by atoms with Crippen molar-refractivity contribution in [2.24, 2.45) is 0 Å². The van der Waals surface area contributed by atoms with Crippen LogP contribution in [-0.2, 0) is 11.2 Å². The van der Waals surface area contributed by atoms with Gasteiger partial charge in [-0.2, -0.15) is 0 Å². The fraction of sp³-hybridized carbons (Fsp3) is 0.417. The lowest BCUT2D eigenvalue weighted by atomic mass is 10.1. The molecule has 0 heterocycles. The highest BCUT2D eigenvalue weighted by atomic mass is 35.5. The molecule has 17 heavy (non-hydrogen) atoms. The lowest BCUT2D eigenvalue weighted by molar-refractivity contribution is -0.137. The largest absolute Gasteiger partial charge is 0.384 e. The summed E-state index contributed by atoms with van der Waals surface area (Å²) in [7, 11) is 1.57. The molecule has 0 aromatic heterocycles. The molecule has 1 aromatic rings. The van der Waals surface area contributed by atoms with Crippen molar-refractivity contribution in [1.82, 2.24) is 4.90 Å². The second-order valence-electron chi connectivity index (χ2n) is 3.92. The Morgan fingerprint density at radius 1 is 1.59 bits per heavy atom. The molecule has 5 heteroatoms. The van der Waals surface area contributed by atoms with Crippen molar-refractivity contribution in [2.45, 2.75) is 19.4 Å². The standard InChI is InChI=1S/C12H15ClFNO2/c1-8(16)12(17)15(2)6-5-9-7-10(13)3-4-11(9)14/h3-4,7-8,16H,5-6H2,1-2H3. The smallest absolute Gasteiger partial charge is 0.250 e. The van der Waals surface area contributed by atoms with Gasteiger partial charge in [-0.25, -0.2) is 4.39 Å². The van der Waals surface area contributed by atoms with Crippen molar-refractivity contribution in [2.75, 3.05) is 13.6 Å². The van der Waals surface area contributed by atoms with Crippen molar-refractivity contribution in [3.63, 3.8) is 0 Å². The molecule has 3 nitrogen and oxygen atoms in total. The van der Waals surface area contributed by atoms with E-state index in [1.165, 1.54) is 30.0 Å². The van der Waals surface area contributed by atoms with Crippen LogP contribution >= 0.6 is 11.6 Å². The molecule has 0 aliphatic rings. The van der Waals surface area contributed by atoms with Gasteiger partial charge in [0.15, 0.2) is 0 Å². The Balaban J connectivity index is 2.61. The molecule has 1 aromatic carbocycles. The van der Waals surface area contributed by atoms with E-state index in [1.54, 1.807) is 7.05 Å². The van der Waals surface area contributed by atoms with Crippen LogP contribution in [-0.4, -0.2) is 35.6 Å². The monoisotopic (exact) mass is 259 g/mol. The van der Waals surface area contributed by atoms with Crippen LogP contribution in [0.5, 0.6) is 0 Å². The first-order valence-corrected chi connectivity index (χ1v) is 5.66. The van der Waals surface area contributed by atoms with Crippen molar-refractivity contribution >= 4 is 17.5 Å². The summed E-state index contributed by atoms with van der Waals surface area (Å²) in [5.74, 6) is -0.722. The predicted octanol–water partition coefficient (Wildman–Crippen LogP) is 1.86. The molecular weight excluding hydrogens is 245 g/mol. The van der Waals surface area contributed by atoms with Crippen LogP contribution in [0.1, 0.15) is 12.5 Å². The number of carbonyl (C=O) groups excluding carboxylic acids is 1. The van der Waals surface area contributed by atoms with Crippen molar-refractivity contribution in [3.8, 4) is 0 Å². The Morgan fingerprint density at radius 3 is 2.82 bits per heavy atom. The van der Waals surface area contributed by atoms with Gasteiger partial charge in [0.1, 0.15) is 11.9 Å². The number of rotatable bonds is 4. The number of likely N-dealkylation sites (N-methyl/N-ethyl adjacent to an activating group) is 1. The maximum Gasteiger partial charge on any atom is 0.250 e. The van der Waals surface area contributed by atoms with E-state index >= 15 is 0 Å². The van der Waals surface area contributed by atoms with E-state index in [9.17, 15) is 9.18 Å². The highest BCUT2D eigenvalue weighted by Crippen LogP contribution is 2.15. The number of hydrogen-bond acceptors (Lipinski definition) is 2. The van der Waals surface area contributed by atoms with E-state index in [0.29, 0.717) is 23.6 Å². The molecule has 1 rings (SSSR count). The fourth-order valence-electron chi connectivity index (χ4n) is 1.45. The molecule has 1 atom stereocenters. The van der Waals surface area contributed by atoms with Crippen molar-refractivity contribution in [3.05, 3.63) is 34.6 Å². The van der Waals surface area contributed by atoms with Gasteiger partial charge in [0.25, 0.3) is 5.91 Å². The number of nitrogens with zero attached hydrogens (tertiary/aromatic N) is 1. The summed E-state index contributed by atoms with van der Waals surface area (Å²) in [6.45, 7) is 1.74. The average molecular weight is 260 g/mol. The molecule has 0 spiro atoms. The third-order valence-electron chi connectivity index (χ3n) is 2.46. The number of amides is 1. The number of carbonyl (C=O) groups is 1. The maximum absolute atomic E-state index is 13.4. The SMILES string of the molecule is CC(O)C(=O)N(C)CCc1cc(Cl)ccc1F. The normalized spacial score (nSPS) is 12.3. The van der Waals surface area contributed by atoms with Crippen LogP contribution in [0.2, 0.25) is 5.02 Å². The Kier molecular flexibility index (Phi) is 4.90. The van der Waals surface area contributed by atoms with Gasteiger partial charge in [-0.15, -0.1) is 0 Å². The summed E-state index contributed by atoms with van der Waals surface area (Å²) in [6, 6.07) is 4.32. The molecule has 0 saturated heterocycles. The number of aliphatic hydroxyl groups excluding tert-OH is 1. The zero-order valence-corrected chi connectivity index (χ0v) is 10.5. The van der Waals surface area contributed by atoms with Gasteiger partial charge < -0.3 is 10.0 Å². The quantitative estimate of drug-likeness (QED) is 0.897. The summed E-state index contributed by atoms with van der Waals surface area (Å²) >= 11 is 5.76. The zero-order chi connectivity index (χ0) is 13.0. The lowest BCUT2D eigenvalue weighted by Gasteiger charge is -2.18.